The van der Waals surface area contributed by atoms with Crippen molar-refractivity contribution in [1.82, 2.24) is 0 Å². The van der Waals surface area contributed by atoms with Crippen molar-refractivity contribution in [2.75, 3.05) is 0 Å². The van der Waals surface area contributed by atoms with Crippen molar-refractivity contribution in [1.29, 1.82) is 0 Å². The topological polar surface area (TPSA) is 26.3 Å². The number of carbonyl (C=O) groups excluding carboxylic acids is 1. The lowest BCUT2D eigenvalue weighted by molar-refractivity contribution is -0.133. The molecule has 0 radical (unpaired) electrons. The zero-order chi connectivity index (χ0) is 15.6. The van der Waals surface area contributed by atoms with E-state index in [1.54, 1.807) is 0 Å². The van der Waals surface area contributed by atoms with Crippen molar-refractivity contribution in [3.8, 4) is 0 Å². The first kappa shape index (κ1) is 20.1. The van der Waals surface area contributed by atoms with E-state index in [4.69, 9.17) is 0 Å². The van der Waals surface area contributed by atoms with Gasteiger partial charge in [-0.05, 0) is 38.5 Å². The number of rotatable bonds is 13. The molecule has 1 atom stereocenters. The molecule has 0 aliphatic rings. The third-order valence-corrected chi connectivity index (χ3v) is 3.43. The average molecular weight is 310 g/mol. The van der Waals surface area contributed by atoms with Crippen molar-refractivity contribution >= 4 is 15.4 Å². The van der Waals surface area contributed by atoms with E-state index in [1.807, 2.05) is 9.47 Å². The molecule has 2 nitrogen and oxygen atoms in total. The second-order valence-corrected chi connectivity index (χ2v) is 5.33. The predicted octanol–water partition coefficient (Wildman–Crippen LogP) is 5.91. The monoisotopic (exact) mass is 310 g/mol. The van der Waals surface area contributed by atoms with Crippen LogP contribution in [0.1, 0.15) is 71.1 Å². The van der Waals surface area contributed by atoms with Gasteiger partial charge in [-0.3, -0.25) is 4.79 Å². The highest BCUT2D eigenvalue weighted by Gasteiger charge is 1.98. The Kier molecular flexibility index (Phi) is 16.5. The van der Waals surface area contributed by atoms with Gasteiger partial charge in [-0.2, -0.15) is 0 Å². The van der Waals surface area contributed by atoms with Gasteiger partial charge < -0.3 is 4.52 Å². The molecule has 0 aromatic heterocycles. The summed E-state index contributed by atoms with van der Waals surface area (Å²) in [6.45, 7) is 2.15. The van der Waals surface area contributed by atoms with E-state index in [2.05, 4.69) is 47.9 Å². The molecule has 120 valence electrons. The highest BCUT2D eigenvalue weighted by atomic mass is 31.0. The quantitative estimate of drug-likeness (QED) is 0.240. The lowest BCUT2D eigenvalue weighted by Crippen LogP contribution is -1.95. The second kappa shape index (κ2) is 17.2. The molecule has 0 aliphatic heterocycles. The van der Waals surface area contributed by atoms with Crippen LogP contribution in [0.2, 0.25) is 0 Å². The average Bonchev–Trinajstić information content (AvgIpc) is 2.50. The molecule has 0 fully saturated rings. The summed E-state index contributed by atoms with van der Waals surface area (Å²) in [5.74, 6) is -0.124. The van der Waals surface area contributed by atoms with Gasteiger partial charge in [0.1, 0.15) is 0 Å². The Hall–Kier alpha value is -0.880. The van der Waals surface area contributed by atoms with Crippen molar-refractivity contribution in [3.05, 3.63) is 36.5 Å². The lowest BCUT2D eigenvalue weighted by Gasteiger charge is -1.99. The van der Waals surface area contributed by atoms with Crippen molar-refractivity contribution in [3.63, 3.8) is 0 Å². The van der Waals surface area contributed by atoms with E-state index in [0.717, 1.165) is 38.5 Å². The Bertz CT molecular complexity index is 319. The Morgan fingerprint density at radius 3 is 2.10 bits per heavy atom. The summed E-state index contributed by atoms with van der Waals surface area (Å²) < 4.78 is 4.53. The maximum absolute atomic E-state index is 10.9. The van der Waals surface area contributed by atoms with Gasteiger partial charge in [0.15, 0.2) is 0 Å². The Labute approximate surface area is 133 Å². The van der Waals surface area contributed by atoms with Gasteiger partial charge in [0, 0.05) is 6.42 Å². The maximum Gasteiger partial charge on any atom is 0.307 e. The van der Waals surface area contributed by atoms with Crippen LogP contribution in [0.3, 0.4) is 0 Å². The Morgan fingerprint density at radius 2 is 1.43 bits per heavy atom. The van der Waals surface area contributed by atoms with Crippen LogP contribution in [0, 0.1) is 0 Å². The first-order chi connectivity index (χ1) is 10.3. The minimum Gasteiger partial charge on any atom is -0.452 e. The van der Waals surface area contributed by atoms with E-state index in [-0.39, 0.29) is 5.97 Å². The molecule has 21 heavy (non-hydrogen) atoms. The van der Waals surface area contributed by atoms with Crippen LogP contribution in [0.25, 0.3) is 0 Å². The molecule has 0 aromatic carbocycles. The summed E-state index contributed by atoms with van der Waals surface area (Å²) >= 11 is 0. The molecule has 3 heteroatoms. The van der Waals surface area contributed by atoms with Crippen molar-refractivity contribution in [2.45, 2.75) is 71.1 Å². The van der Waals surface area contributed by atoms with Crippen LogP contribution in [-0.2, 0) is 9.32 Å². The number of hydrogen-bond acceptors (Lipinski definition) is 2. The van der Waals surface area contributed by atoms with Gasteiger partial charge in [-0.1, -0.05) is 62.6 Å². The smallest absolute Gasteiger partial charge is 0.307 e. The first-order valence-electron chi connectivity index (χ1n) is 8.15. The minimum absolute atomic E-state index is 0.124. The fourth-order valence-corrected chi connectivity index (χ4v) is 2.07. The van der Waals surface area contributed by atoms with Crippen LogP contribution in [0.4, 0.5) is 0 Å². The predicted molar refractivity (Wildman–Crippen MR) is 95.1 cm³/mol. The largest absolute Gasteiger partial charge is 0.452 e. The highest BCUT2D eigenvalue weighted by molar-refractivity contribution is 7.10. The SMILES string of the molecule is CC/C=C\C/C=C\C/C=C\CCCCCCCC(=O)OP. The molecule has 0 saturated carbocycles. The van der Waals surface area contributed by atoms with Gasteiger partial charge in [-0.15, -0.1) is 0 Å². The normalized spacial score (nSPS) is 11.9. The van der Waals surface area contributed by atoms with Crippen LogP contribution in [0.15, 0.2) is 36.5 Å². The number of carbonyl (C=O) groups is 1. The molecule has 0 saturated heterocycles. The zero-order valence-corrected chi connectivity index (χ0v) is 14.6. The molecular weight excluding hydrogens is 279 g/mol. The fourth-order valence-electron chi connectivity index (χ4n) is 1.95. The number of unbranched alkanes of at least 4 members (excludes halogenated alkanes) is 5. The van der Waals surface area contributed by atoms with Crippen LogP contribution in [0.5, 0.6) is 0 Å². The molecular formula is C18H31O2P. The molecule has 1 unspecified atom stereocenters. The van der Waals surface area contributed by atoms with E-state index in [0.29, 0.717) is 6.42 Å². The minimum atomic E-state index is -0.124. The summed E-state index contributed by atoms with van der Waals surface area (Å²) in [5.41, 5.74) is 0. The molecule has 0 amide bonds. The third kappa shape index (κ3) is 17.1. The highest BCUT2D eigenvalue weighted by Crippen LogP contribution is 2.09. The summed E-state index contributed by atoms with van der Waals surface area (Å²) in [5, 5.41) is 0. The van der Waals surface area contributed by atoms with Gasteiger partial charge in [0.25, 0.3) is 0 Å². The van der Waals surface area contributed by atoms with Gasteiger partial charge in [0.05, 0.1) is 9.47 Å². The fraction of sp³-hybridized carbons (Fsp3) is 0.611. The number of hydrogen-bond donors (Lipinski definition) is 0. The molecule has 0 N–H and O–H groups in total. The van der Waals surface area contributed by atoms with Crippen molar-refractivity contribution < 1.29 is 9.32 Å². The van der Waals surface area contributed by atoms with Gasteiger partial charge in [-0.25, -0.2) is 0 Å². The lowest BCUT2D eigenvalue weighted by atomic mass is 10.1. The van der Waals surface area contributed by atoms with Crippen LogP contribution >= 0.6 is 9.47 Å². The van der Waals surface area contributed by atoms with E-state index in [9.17, 15) is 4.79 Å². The first-order valence-corrected chi connectivity index (χ1v) is 8.63. The summed E-state index contributed by atoms with van der Waals surface area (Å²) in [4.78, 5) is 10.9. The second-order valence-electron chi connectivity index (χ2n) is 5.09. The standard InChI is InChI=1S/C18H31O2P/c1-2-3-4-5-6-7-8-9-10-11-12-13-14-15-16-17-18(19)20-21/h3-4,6-7,9-10H,2,5,8,11-17,21H2,1H3/b4-3-,7-6-,10-9-. The van der Waals surface area contributed by atoms with Gasteiger partial charge >= 0.3 is 5.97 Å². The summed E-state index contributed by atoms with van der Waals surface area (Å²) in [6.07, 6.45) is 24.1. The van der Waals surface area contributed by atoms with Crippen molar-refractivity contribution in [2.24, 2.45) is 0 Å². The zero-order valence-electron chi connectivity index (χ0n) is 13.4. The van der Waals surface area contributed by atoms with E-state index in [1.165, 1.54) is 19.3 Å². The maximum atomic E-state index is 10.9. The molecule has 0 heterocycles. The number of allylic oxidation sites excluding steroid dienone is 6. The van der Waals surface area contributed by atoms with Crippen LogP contribution < -0.4 is 0 Å². The van der Waals surface area contributed by atoms with Gasteiger partial charge in [0.2, 0.25) is 0 Å². The molecule has 0 bridgehead atoms. The van der Waals surface area contributed by atoms with E-state index >= 15 is 0 Å². The Balaban J connectivity index is 3.25. The summed E-state index contributed by atoms with van der Waals surface area (Å²) in [6, 6.07) is 0. The van der Waals surface area contributed by atoms with E-state index < -0.39 is 0 Å². The molecule has 0 aromatic rings. The Morgan fingerprint density at radius 1 is 0.857 bits per heavy atom. The molecule has 0 spiro atoms. The molecule has 0 rings (SSSR count). The molecule has 0 aliphatic carbocycles. The summed E-state index contributed by atoms with van der Waals surface area (Å²) in [7, 11) is 2.00. The third-order valence-electron chi connectivity index (χ3n) is 3.16. The van der Waals surface area contributed by atoms with Crippen LogP contribution in [-0.4, -0.2) is 5.97 Å².